The van der Waals surface area contributed by atoms with Crippen molar-refractivity contribution in [2.24, 2.45) is 11.8 Å². The van der Waals surface area contributed by atoms with E-state index in [1.54, 1.807) is 33.6 Å². The SMILES string of the molecule is CB(O)C[C@H](Cc1ccc(-c2cc(Cl)ccc2F)cc1)CC(C)(NC(C)=O)C(=O)NC(C)(C)C.CB(O)C[C@H](Cc1ccc(Br)cc1)CC(C)(NC(C)=O)C(=O)NC(C)(C)C. The molecule has 0 aliphatic carbocycles. The first-order valence-corrected chi connectivity index (χ1v) is 22.0. The number of carbonyl (C=O) groups is 4. The lowest BCUT2D eigenvalue weighted by Gasteiger charge is -2.36. The number of carbonyl (C=O) groups excluding carboxylic acids is 4. The van der Waals surface area contributed by atoms with Gasteiger partial charge in [-0.15, -0.1) is 0 Å². The van der Waals surface area contributed by atoms with Gasteiger partial charge < -0.3 is 31.3 Å². The Hall–Kier alpha value is -3.71. The lowest BCUT2D eigenvalue weighted by atomic mass is 9.61. The van der Waals surface area contributed by atoms with E-state index in [4.69, 9.17) is 11.6 Å². The fourth-order valence-electron chi connectivity index (χ4n) is 7.56. The lowest BCUT2D eigenvalue weighted by Crippen LogP contribution is -2.60. The third-order valence-corrected chi connectivity index (χ3v) is 10.5. The molecule has 0 saturated carbocycles. The topological polar surface area (TPSA) is 157 Å². The molecule has 0 aliphatic rings. The minimum absolute atomic E-state index is 0.0359. The molecule has 0 heterocycles. The summed E-state index contributed by atoms with van der Waals surface area (Å²) in [6, 6.07) is 20.0. The summed E-state index contributed by atoms with van der Waals surface area (Å²) >= 11 is 9.46. The Balaban J connectivity index is 0.000000432. The number of halogens is 3. The largest absolute Gasteiger partial charge is 0.451 e. The molecule has 15 heteroatoms. The average Bonchev–Trinajstić information content (AvgIpc) is 3.08. The van der Waals surface area contributed by atoms with E-state index in [9.17, 15) is 33.6 Å². The predicted molar refractivity (Wildman–Crippen MR) is 252 cm³/mol. The molecule has 10 nitrogen and oxygen atoms in total. The smallest absolute Gasteiger partial charge is 0.286 e. The molecule has 0 saturated heterocycles. The maximum absolute atomic E-state index is 14.2. The standard InChI is InChI=1S/C26H35BClFN2O3.C20H32BBrN2O3/c1-17(32)30-26(5,24(33)31-25(2,3)4)15-19(16-27(6)34)13-18-7-9-20(10-8-18)22-14-21(28)11-12-23(22)29;1-14(25)23-20(5,18(26)24-19(2,3)4)12-16(13-21(6)27)11-15-7-9-17(22)10-8-15/h7-12,14,19,34H,13,15-16H2,1-6H3,(H,30,32)(H,31,33);7-10,16,27H,11-13H2,1-6H3,(H,23,25)(H,24,26)/t19-,26?;16-,20?/m11/s1. The number of benzene rings is 3. The Labute approximate surface area is 377 Å². The van der Waals surface area contributed by atoms with Crippen LogP contribution in [-0.2, 0) is 32.0 Å². The Bertz CT molecular complexity index is 1920. The van der Waals surface area contributed by atoms with Crippen molar-refractivity contribution < 1.29 is 33.6 Å². The van der Waals surface area contributed by atoms with Crippen molar-refractivity contribution in [2.75, 3.05) is 0 Å². The molecule has 2 unspecified atom stereocenters. The van der Waals surface area contributed by atoms with Crippen molar-refractivity contribution in [3.05, 3.63) is 93.2 Å². The second kappa shape index (κ2) is 23.1. The van der Waals surface area contributed by atoms with Gasteiger partial charge in [0.15, 0.2) is 0 Å². The molecule has 3 aromatic rings. The highest BCUT2D eigenvalue weighted by molar-refractivity contribution is 9.10. The normalized spacial score (nSPS) is 14.4. The summed E-state index contributed by atoms with van der Waals surface area (Å²) < 4.78 is 15.2. The Morgan fingerprint density at radius 2 is 1.03 bits per heavy atom. The van der Waals surface area contributed by atoms with Crippen LogP contribution >= 0.6 is 27.5 Å². The van der Waals surface area contributed by atoms with Crippen LogP contribution < -0.4 is 21.3 Å². The van der Waals surface area contributed by atoms with Crippen molar-refractivity contribution in [3.63, 3.8) is 0 Å². The van der Waals surface area contributed by atoms with E-state index in [0.29, 0.717) is 48.1 Å². The monoisotopic (exact) mass is 926 g/mol. The summed E-state index contributed by atoms with van der Waals surface area (Å²) in [5, 5.41) is 32.1. The van der Waals surface area contributed by atoms with Gasteiger partial charge in [-0.3, -0.25) is 19.2 Å². The van der Waals surface area contributed by atoms with Crippen molar-refractivity contribution in [2.45, 2.75) is 143 Å². The number of amides is 4. The van der Waals surface area contributed by atoms with Gasteiger partial charge in [0.2, 0.25) is 23.6 Å². The van der Waals surface area contributed by atoms with Crippen LogP contribution in [0.2, 0.25) is 31.3 Å². The zero-order valence-corrected chi connectivity index (χ0v) is 40.4. The van der Waals surface area contributed by atoms with E-state index >= 15 is 0 Å². The summed E-state index contributed by atoms with van der Waals surface area (Å²) in [5.74, 6) is -1.42. The molecule has 0 fully saturated rings. The maximum Gasteiger partial charge on any atom is 0.286 e. The van der Waals surface area contributed by atoms with Gasteiger partial charge in [-0.2, -0.15) is 0 Å². The second-order valence-corrected chi connectivity index (χ2v) is 20.5. The first kappa shape index (κ1) is 53.4. The molecule has 0 aromatic heterocycles. The molecule has 4 amide bonds. The van der Waals surface area contributed by atoms with E-state index in [1.807, 2.05) is 90.1 Å². The van der Waals surface area contributed by atoms with Gasteiger partial charge in [0, 0.05) is 40.0 Å². The van der Waals surface area contributed by atoms with Gasteiger partial charge in [0.05, 0.1) is 0 Å². The van der Waals surface area contributed by atoms with Gasteiger partial charge in [-0.05, 0) is 153 Å². The van der Waals surface area contributed by atoms with E-state index < -0.39 is 36.0 Å². The number of hydrogen-bond donors (Lipinski definition) is 6. The Kier molecular flexibility index (Phi) is 20.2. The third-order valence-electron chi connectivity index (χ3n) is 9.78. The van der Waals surface area contributed by atoms with Crippen molar-refractivity contribution in [1.29, 1.82) is 0 Å². The van der Waals surface area contributed by atoms with E-state index in [2.05, 4.69) is 37.2 Å². The molecule has 61 heavy (non-hydrogen) atoms. The van der Waals surface area contributed by atoms with Crippen LogP contribution in [-0.4, -0.2) is 69.7 Å². The molecule has 0 bridgehead atoms. The fraction of sp³-hybridized carbons (Fsp3) is 0.522. The molecule has 3 aromatic carbocycles. The highest BCUT2D eigenvalue weighted by Gasteiger charge is 2.40. The Morgan fingerprint density at radius 3 is 1.38 bits per heavy atom. The fourth-order valence-corrected chi connectivity index (χ4v) is 7.99. The summed E-state index contributed by atoms with van der Waals surface area (Å²) in [7, 11) is 0. The number of nitrogens with one attached hydrogen (secondary N) is 4. The molecule has 4 atom stereocenters. The highest BCUT2D eigenvalue weighted by Crippen LogP contribution is 2.30. The van der Waals surface area contributed by atoms with E-state index in [0.717, 1.165) is 22.0 Å². The van der Waals surface area contributed by atoms with E-state index in [-0.39, 0.29) is 41.3 Å². The molecular formula is C46H67B2BrClFN4O6. The Morgan fingerprint density at radius 1 is 0.656 bits per heavy atom. The van der Waals surface area contributed by atoms with Crippen LogP contribution in [0.4, 0.5) is 4.39 Å². The van der Waals surface area contributed by atoms with Gasteiger partial charge in [0.1, 0.15) is 16.9 Å². The molecular weight excluding hydrogens is 861 g/mol. The first-order valence-electron chi connectivity index (χ1n) is 20.9. The summed E-state index contributed by atoms with van der Waals surface area (Å²) in [5.41, 5.74) is 0.213. The lowest BCUT2D eigenvalue weighted by molar-refractivity contribution is -0.134. The van der Waals surface area contributed by atoms with Crippen LogP contribution in [0.15, 0.2) is 71.2 Å². The molecule has 0 aliphatic heterocycles. The quantitative estimate of drug-likeness (QED) is 0.0746. The van der Waals surface area contributed by atoms with Gasteiger partial charge >= 0.3 is 0 Å². The zero-order valence-electron chi connectivity index (χ0n) is 38.1. The van der Waals surface area contributed by atoms with Crippen molar-refractivity contribution >= 4 is 65.0 Å². The molecule has 3 rings (SSSR count). The number of rotatable bonds is 17. The van der Waals surface area contributed by atoms with Crippen LogP contribution in [0.5, 0.6) is 0 Å². The minimum atomic E-state index is -1.14. The number of hydrogen-bond acceptors (Lipinski definition) is 6. The van der Waals surface area contributed by atoms with Gasteiger partial charge in [-0.1, -0.05) is 77.6 Å². The summed E-state index contributed by atoms with van der Waals surface area (Å²) in [4.78, 5) is 49.8. The second-order valence-electron chi connectivity index (χ2n) is 19.1. The van der Waals surface area contributed by atoms with Crippen LogP contribution in [0.25, 0.3) is 11.1 Å². The minimum Gasteiger partial charge on any atom is -0.451 e. The third kappa shape index (κ3) is 19.9. The van der Waals surface area contributed by atoms with Gasteiger partial charge in [0.25, 0.3) is 13.8 Å². The molecule has 334 valence electrons. The zero-order chi connectivity index (χ0) is 46.5. The van der Waals surface area contributed by atoms with Crippen molar-refractivity contribution in [1.82, 2.24) is 21.3 Å². The van der Waals surface area contributed by atoms with Crippen LogP contribution in [0.3, 0.4) is 0 Å². The summed E-state index contributed by atoms with van der Waals surface area (Å²) in [6.45, 7) is 20.1. The molecule has 0 radical (unpaired) electrons. The highest BCUT2D eigenvalue weighted by atomic mass is 79.9. The van der Waals surface area contributed by atoms with E-state index in [1.165, 1.54) is 26.0 Å². The summed E-state index contributed by atoms with van der Waals surface area (Å²) in [6.07, 6.45) is 3.10. The van der Waals surface area contributed by atoms with Gasteiger partial charge in [-0.25, -0.2) is 4.39 Å². The van der Waals surface area contributed by atoms with Crippen LogP contribution in [0.1, 0.15) is 93.2 Å². The molecule has 0 spiro atoms. The average molecular weight is 928 g/mol. The van der Waals surface area contributed by atoms with Crippen molar-refractivity contribution in [3.8, 4) is 11.1 Å². The maximum atomic E-state index is 14.2. The predicted octanol–water partition coefficient (Wildman–Crippen LogP) is 8.54. The molecule has 6 N–H and O–H groups in total. The first-order chi connectivity index (χ1) is 28.0. The van der Waals surface area contributed by atoms with Crippen LogP contribution in [0, 0.1) is 17.7 Å².